The van der Waals surface area contributed by atoms with Gasteiger partial charge in [-0.1, -0.05) is 24.4 Å². The first kappa shape index (κ1) is 10.8. The van der Waals surface area contributed by atoms with E-state index in [0.717, 1.165) is 17.3 Å². The lowest BCUT2D eigenvalue weighted by Crippen LogP contribution is -2.25. The van der Waals surface area contributed by atoms with Crippen LogP contribution in [0.15, 0.2) is 18.2 Å². The number of benzene rings is 1. The van der Waals surface area contributed by atoms with E-state index in [-0.39, 0.29) is 0 Å². The van der Waals surface area contributed by atoms with E-state index in [4.69, 9.17) is 17.3 Å². The maximum absolute atomic E-state index is 5.94. The smallest absolute Gasteiger partial charge is 0.0429 e. The molecule has 1 saturated carbocycles. The van der Waals surface area contributed by atoms with Crippen molar-refractivity contribution in [1.29, 1.82) is 0 Å². The van der Waals surface area contributed by atoms with Crippen LogP contribution in [0.5, 0.6) is 0 Å². The molecule has 0 spiro atoms. The molecule has 0 saturated heterocycles. The van der Waals surface area contributed by atoms with E-state index in [1.54, 1.807) is 6.07 Å². The van der Waals surface area contributed by atoms with Crippen LogP contribution < -0.4 is 11.1 Å². The lowest BCUT2D eigenvalue weighted by Gasteiger charge is -2.12. The molecule has 1 aliphatic rings. The fraction of sp³-hybridized carbons (Fsp3) is 0.500. The van der Waals surface area contributed by atoms with E-state index in [1.807, 2.05) is 12.1 Å². The highest BCUT2D eigenvalue weighted by molar-refractivity contribution is 6.30. The van der Waals surface area contributed by atoms with Gasteiger partial charge in [-0.3, -0.25) is 0 Å². The normalized spacial score (nSPS) is 17.1. The molecular formula is C12H17ClN2. The summed E-state index contributed by atoms with van der Waals surface area (Å²) in [6, 6.07) is 6.42. The minimum absolute atomic E-state index is 0.685. The Morgan fingerprint density at radius 1 is 1.27 bits per heavy atom. The average molecular weight is 225 g/mol. The summed E-state index contributed by atoms with van der Waals surface area (Å²) in [6.45, 7) is 0.870. The highest BCUT2D eigenvalue weighted by Crippen LogP contribution is 2.20. The maximum Gasteiger partial charge on any atom is 0.0429 e. The molecule has 1 aromatic carbocycles. The van der Waals surface area contributed by atoms with Crippen LogP contribution in [-0.2, 0) is 6.54 Å². The maximum atomic E-state index is 5.94. The lowest BCUT2D eigenvalue weighted by molar-refractivity contribution is 0.524. The third-order valence-electron chi connectivity index (χ3n) is 2.93. The number of hydrogen-bond acceptors (Lipinski definition) is 2. The second-order valence-electron chi connectivity index (χ2n) is 4.26. The summed E-state index contributed by atoms with van der Waals surface area (Å²) in [6.07, 6.45) is 5.32. The zero-order valence-corrected chi connectivity index (χ0v) is 9.56. The number of nitrogens with two attached hydrogens (primary N) is 1. The van der Waals surface area contributed by atoms with Crippen molar-refractivity contribution in [3.8, 4) is 0 Å². The Hall–Kier alpha value is -0.730. The van der Waals surface area contributed by atoms with E-state index >= 15 is 0 Å². The predicted octanol–water partition coefficient (Wildman–Crippen LogP) is 2.95. The Kier molecular flexibility index (Phi) is 3.49. The van der Waals surface area contributed by atoms with E-state index in [0.29, 0.717) is 6.04 Å². The zero-order chi connectivity index (χ0) is 10.7. The summed E-state index contributed by atoms with van der Waals surface area (Å²) in [4.78, 5) is 0. The molecule has 15 heavy (non-hydrogen) atoms. The first-order valence-electron chi connectivity index (χ1n) is 5.52. The molecule has 0 aromatic heterocycles. The molecule has 0 radical (unpaired) electrons. The van der Waals surface area contributed by atoms with Crippen LogP contribution in [0, 0.1) is 0 Å². The van der Waals surface area contributed by atoms with Crippen LogP contribution in [0.3, 0.4) is 0 Å². The monoisotopic (exact) mass is 224 g/mol. The van der Waals surface area contributed by atoms with Gasteiger partial charge in [0, 0.05) is 23.3 Å². The summed E-state index contributed by atoms with van der Waals surface area (Å²) >= 11 is 5.94. The quantitative estimate of drug-likeness (QED) is 0.775. The van der Waals surface area contributed by atoms with Crippen LogP contribution in [0.2, 0.25) is 5.02 Å². The van der Waals surface area contributed by atoms with Crippen molar-refractivity contribution in [2.75, 3.05) is 5.73 Å². The summed E-state index contributed by atoms with van der Waals surface area (Å²) in [5.74, 6) is 0. The molecule has 0 heterocycles. The lowest BCUT2D eigenvalue weighted by atomic mass is 10.2. The van der Waals surface area contributed by atoms with Gasteiger partial charge >= 0.3 is 0 Å². The van der Waals surface area contributed by atoms with Crippen molar-refractivity contribution < 1.29 is 0 Å². The van der Waals surface area contributed by atoms with Gasteiger partial charge in [0.25, 0.3) is 0 Å². The van der Waals surface area contributed by atoms with Crippen molar-refractivity contribution in [1.82, 2.24) is 5.32 Å². The third-order valence-corrected chi connectivity index (χ3v) is 3.15. The van der Waals surface area contributed by atoms with Gasteiger partial charge in [-0.2, -0.15) is 0 Å². The Labute approximate surface area is 95.8 Å². The van der Waals surface area contributed by atoms with Crippen LogP contribution in [0.4, 0.5) is 5.69 Å². The first-order chi connectivity index (χ1) is 7.24. The SMILES string of the molecule is Nc1cc(Cl)cc(CNC2CCCC2)c1. The molecule has 1 aliphatic carbocycles. The van der Waals surface area contributed by atoms with Crippen molar-refractivity contribution in [2.24, 2.45) is 0 Å². The van der Waals surface area contributed by atoms with Gasteiger partial charge in [0.05, 0.1) is 0 Å². The largest absolute Gasteiger partial charge is 0.399 e. The number of halogens is 1. The van der Waals surface area contributed by atoms with Crippen molar-refractivity contribution in [3.05, 3.63) is 28.8 Å². The molecular weight excluding hydrogens is 208 g/mol. The van der Waals surface area contributed by atoms with Gasteiger partial charge in [0.1, 0.15) is 0 Å². The number of hydrogen-bond donors (Lipinski definition) is 2. The van der Waals surface area contributed by atoms with Crippen LogP contribution in [0.25, 0.3) is 0 Å². The van der Waals surface area contributed by atoms with Crippen LogP contribution in [-0.4, -0.2) is 6.04 Å². The molecule has 0 bridgehead atoms. The van der Waals surface area contributed by atoms with Gasteiger partial charge in [0.15, 0.2) is 0 Å². The third kappa shape index (κ3) is 3.11. The van der Waals surface area contributed by atoms with E-state index < -0.39 is 0 Å². The molecule has 0 aliphatic heterocycles. The molecule has 0 unspecified atom stereocenters. The average Bonchev–Trinajstić information content (AvgIpc) is 2.65. The molecule has 2 rings (SSSR count). The van der Waals surface area contributed by atoms with Gasteiger partial charge < -0.3 is 11.1 Å². The number of nitrogens with one attached hydrogen (secondary N) is 1. The number of anilines is 1. The summed E-state index contributed by atoms with van der Waals surface area (Å²) < 4.78 is 0. The fourth-order valence-corrected chi connectivity index (χ4v) is 2.44. The Morgan fingerprint density at radius 3 is 2.67 bits per heavy atom. The van der Waals surface area contributed by atoms with Gasteiger partial charge in [-0.25, -0.2) is 0 Å². The molecule has 2 nitrogen and oxygen atoms in total. The zero-order valence-electron chi connectivity index (χ0n) is 8.80. The summed E-state index contributed by atoms with van der Waals surface area (Å²) in [7, 11) is 0. The van der Waals surface area contributed by atoms with Gasteiger partial charge in [-0.05, 0) is 36.6 Å². The van der Waals surface area contributed by atoms with E-state index in [2.05, 4.69) is 5.32 Å². The van der Waals surface area contributed by atoms with Gasteiger partial charge in [0.2, 0.25) is 0 Å². The standard InChI is InChI=1S/C12H17ClN2/c13-10-5-9(6-11(14)7-10)8-15-12-3-1-2-4-12/h5-7,12,15H,1-4,8,14H2. The van der Waals surface area contributed by atoms with Gasteiger partial charge in [-0.15, -0.1) is 0 Å². The predicted molar refractivity (Wildman–Crippen MR) is 65.0 cm³/mol. The van der Waals surface area contributed by atoms with E-state index in [9.17, 15) is 0 Å². The van der Waals surface area contributed by atoms with Crippen molar-refractivity contribution in [3.63, 3.8) is 0 Å². The molecule has 3 N–H and O–H groups in total. The Bertz CT molecular complexity index is 312. The molecule has 0 atom stereocenters. The summed E-state index contributed by atoms with van der Waals surface area (Å²) in [5, 5.41) is 4.26. The Balaban J connectivity index is 1.92. The minimum atomic E-state index is 0.685. The second-order valence-corrected chi connectivity index (χ2v) is 4.69. The first-order valence-corrected chi connectivity index (χ1v) is 5.90. The molecule has 82 valence electrons. The fourth-order valence-electron chi connectivity index (χ4n) is 2.17. The Morgan fingerprint density at radius 2 is 2.00 bits per heavy atom. The molecule has 3 heteroatoms. The summed E-state index contributed by atoms with van der Waals surface area (Å²) in [5.41, 5.74) is 7.65. The highest BCUT2D eigenvalue weighted by atomic mass is 35.5. The van der Waals surface area contributed by atoms with Crippen LogP contribution in [0.1, 0.15) is 31.2 Å². The van der Waals surface area contributed by atoms with Crippen molar-refractivity contribution >= 4 is 17.3 Å². The second kappa shape index (κ2) is 4.86. The van der Waals surface area contributed by atoms with E-state index in [1.165, 1.54) is 31.2 Å². The number of rotatable bonds is 3. The highest BCUT2D eigenvalue weighted by Gasteiger charge is 2.13. The van der Waals surface area contributed by atoms with Crippen molar-refractivity contribution in [2.45, 2.75) is 38.3 Å². The topological polar surface area (TPSA) is 38.0 Å². The van der Waals surface area contributed by atoms with Crippen LogP contribution >= 0.6 is 11.6 Å². The number of nitrogen functional groups attached to an aromatic ring is 1. The molecule has 0 amide bonds. The minimum Gasteiger partial charge on any atom is -0.399 e. The molecule has 1 aromatic rings. The molecule has 1 fully saturated rings.